The van der Waals surface area contributed by atoms with E-state index < -0.39 is 5.54 Å². The molecule has 0 unspecified atom stereocenters. The van der Waals surface area contributed by atoms with Gasteiger partial charge in [0.2, 0.25) is 5.91 Å². The van der Waals surface area contributed by atoms with Gasteiger partial charge in [-0.3, -0.25) is 4.79 Å². The Hall–Kier alpha value is -0.860. The maximum atomic E-state index is 11.9. The highest BCUT2D eigenvalue weighted by Crippen LogP contribution is 2.36. The molecule has 1 N–H and O–H groups in total. The van der Waals surface area contributed by atoms with Crippen LogP contribution in [0.4, 0.5) is 0 Å². The fourth-order valence-corrected chi connectivity index (χ4v) is 2.90. The maximum absolute atomic E-state index is 11.9. The van der Waals surface area contributed by atoms with E-state index in [0.717, 1.165) is 21.5 Å². The Morgan fingerprint density at radius 1 is 1.69 bits per heavy atom. The van der Waals surface area contributed by atoms with Crippen molar-refractivity contribution in [3.8, 4) is 6.07 Å². The van der Waals surface area contributed by atoms with Crippen LogP contribution in [0, 0.1) is 11.3 Å². The van der Waals surface area contributed by atoms with Gasteiger partial charge in [0, 0.05) is 4.88 Å². The predicted molar refractivity (Wildman–Crippen MR) is 66.2 cm³/mol. The summed E-state index contributed by atoms with van der Waals surface area (Å²) in [5, 5.41) is 11.7. The van der Waals surface area contributed by atoms with Crippen LogP contribution in [0.15, 0.2) is 15.9 Å². The molecule has 16 heavy (non-hydrogen) atoms. The third-order valence-electron chi connectivity index (χ3n) is 2.74. The molecule has 0 spiro atoms. The van der Waals surface area contributed by atoms with Crippen molar-refractivity contribution >= 4 is 33.2 Å². The lowest BCUT2D eigenvalue weighted by molar-refractivity contribution is -0.122. The standard InChI is InChI=1S/C11H11BrN2OS/c1-7(8-2-3-9(12)16-8)10(15)14-11(6-13)4-5-11/h2-3,7H,4-5H2,1H3,(H,14,15)/t7-/m0/s1. The summed E-state index contributed by atoms with van der Waals surface area (Å²) in [6.45, 7) is 1.86. The van der Waals surface area contributed by atoms with Gasteiger partial charge in [-0.15, -0.1) is 11.3 Å². The van der Waals surface area contributed by atoms with Crippen LogP contribution in [0.1, 0.15) is 30.6 Å². The monoisotopic (exact) mass is 298 g/mol. The molecule has 1 aromatic rings. The van der Waals surface area contributed by atoms with Gasteiger partial charge in [-0.05, 0) is 47.8 Å². The number of carbonyl (C=O) groups is 1. The molecule has 3 nitrogen and oxygen atoms in total. The molecule has 1 aliphatic carbocycles. The van der Waals surface area contributed by atoms with Crippen LogP contribution in [-0.2, 0) is 4.79 Å². The molecule has 0 bridgehead atoms. The highest BCUT2D eigenvalue weighted by atomic mass is 79.9. The molecule has 1 atom stereocenters. The van der Waals surface area contributed by atoms with Crippen molar-refractivity contribution < 1.29 is 4.79 Å². The zero-order valence-electron chi connectivity index (χ0n) is 8.79. The minimum absolute atomic E-state index is 0.0617. The average Bonchev–Trinajstić information content (AvgIpc) is 2.91. The van der Waals surface area contributed by atoms with E-state index in [4.69, 9.17) is 5.26 Å². The van der Waals surface area contributed by atoms with E-state index in [-0.39, 0.29) is 11.8 Å². The molecule has 0 saturated heterocycles. The lowest BCUT2D eigenvalue weighted by Crippen LogP contribution is -2.38. The van der Waals surface area contributed by atoms with E-state index in [1.807, 2.05) is 19.1 Å². The summed E-state index contributed by atoms with van der Waals surface area (Å²) in [6, 6.07) is 6.02. The predicted octanol–water partition coefficient (Wildman–Crippen LogP) is 2.79. The van der Waals surface area contributed by atoms with Crippen LogP contribution in [0.5, 0.6) is 0 Å². The first-order valence-electron chi connectivity index (χ1n) is 5.05. The summed E-state index contributed by atoms with van der Waals surface area (Å²) in [6.07, 6.45) is 1.55. The molecule has 0 aliphatic heterocycles. The SMILES string of the molecule is C[C@H](C(=O)NC1(C#N)CC1)c1ccc(Br)s1. The van der Waals surface area contributed by atoms with E-state index >= 15 is 0 Å². The Morgan fingerprint density at radius 3 is 2.81 bits per heavy atom. The first-order valence-corrected chi connectivity index (χ1v) is 6.66. The zero-order valence-corrected chi connectivity index (χ0v) is 11.2. The molecular formula is C11H11BrN2OS. The van der Waals surface area contributed by atoms with E-state index in [1.54, 1.807) is 11.3 Å². The van der Waals surface area contributed by atoms with Crippen LogP contribution in [0.2, 0.25) is 0 Å². The summed E-state index contributed by atoms with van der Waals surface area (Å²) in [5.74, 6) is -0.254. The lowest BCUT2D eigenvalue weighted by Gasteiger charge is -2.13. The third kappa shape index (κ3) is 2.28. The number of nitriles is 1. The van der Waals surface area contributed by atoms with E-state index in [2.05, 4.69) is 27.3 Å². The minimum Gasteiger partial charge on any atom is -0.337 e. The molecule has 1 aromatic heterocycles. The average molecular weight is 299 g/mol. The van der Waals surface area contributed by atoms with Crippen LogP contribution in [0.25, 0.3) is 0 Å². The molecule has 0 radical (unpaired) electrons. The number of amides is 1. The molecular weight excluding hydrogens is 288 g/mol. The fraction of sp³-hybridized carbons (Fsp3) is 0.455. The van der Waals surface area contributed by atoms with Crippen LogP contribution >= 0.6 is 27.3 Å². The molecule has 1 amide bonds. The van der Waals surface area contributed by atoms with Gasteiger partial charge in [-0.2, -0.15) is 5.26 Å². The molecule has 1 saturated carbocycles. The number of rotatable bonds is 3. The Labute approximate surface area is 107 Å². The second-order valence-corrected chi connectivity index (χ2v) is 6.54. The van der Waals surface area contributed by atoms with Crippen molar-refractivity contribution in [1.82, 2.24) is 5.32 Å². The van der Waals surface area contributed by atoms with Crippen molar-refractivity contribution in [3.05, 3.63) is 20.8 Å². The van der Waals surface area contributed by atoms with Gasteiger partial charge >= 0.3 is 0 Å². The van der Waals surface area contributed by atoms with Gasteiger partial charge in [0.1, 0.15) is 5.54 Å². The number of nitrogens with zero attached hydrogens (tertiary/aromatic N) is 1. The number of hydrogen-bond acceptors (Lipinski definition) is 3. The maximum Gasteiger partial charge on any atom is 0.229 e. The number of hydrogen-bond donors (Lipinski definition) is 1. The van der Waals surface area contributed by atoms with Crippen molar-refractivity contribution in [2.24, 2.45) is 0 Å². The largest absolute Gasteiger partial charge is 0.337 e. The number of carbonyl (C=O) groups excluding carboxylic acids is 1. The summed E-state index contributed by atoms with van der Waals surface area (Å²) in [7, 11) is 0. The van der Waals surface area contributed by atoms with E-state index in [9.17, 15) is 4.79 Å². The van der Waals surface area contributed by atoms with Crippen molar-refractivity contribution in [1.29, 1.82) is 5.26 Å². The van der Waals surface area contributed by atoms with Gasteiger partial charge in [0.05, 0.1) is 15.8 Å². The van der Waals surface area contributed by atoms with Gasteiger partial charge in [0.15, 0.2) is 0 Å². The molecule has 1 aliphatic rings. The lowest BCUT2D eigenvalue weighted by atomic mass is 10.1. The zero-order chi connectivity index (χ0) is 11.8. The first-order chi connectivity index (χ1) is 7.56. The molecule has 1 heterocycles. The Kier molecular flexibility index (Phi) is 3.04. The first kappa shape index (κ1) is 11.6. The van der Waals surface area contributed by atoms with Gasteiger partial charge in [-0.25, -0.2) is 0 Å². The van der Waals surface area contributed by atoms with Crippen LogP contribution < -0.4 is 5.32 Å². The van der Waals surface area contributed by atoms with Gasteiger partial charge < -0.3 is 5.32 Å². The van der Waals surface area contributed by atoms with Gasteiger partial charge in [-0.1, -0.05) is 0 Å². The summed E-state index contributed by atoms with van der Waals surface area (Å²) < 4.78 is 1.02. The third-order valence-corrected chi connectivity index (χ3v) is 4.55. The second-order valence-electron chi connectivity index (χ2n) is 4.05. The topological polar surface area (TPSA) is 52.9 Å². The molecule has 1 fully saturated rings. The van der Waals surface area contributed by atoms with Crippen molar-refractivity contribution in [2.75, 3.05) is 0 Å². The Bertz CT molecular complexity index is 459. The van der Waals surface area contributed by atoms with Crippen LogP contribution in [0.3, 0.4) is 0 Å². The Balaban J connectivity index is 2.03. The minimum atomic E-state index is -0.570. The van der Waals surface area contributed by atoms with Crippen molar-refractivity contribution in [2.45, 2.75) is 31.2 Å². The summed E-state index contributed by atoms with van der Waals surface area (Å²) >= 11 is 4.92. The highest BCUT2D eigenvalue weighted by Gasteiger charge is 2.45. The molecule has 2 rings (SSSR count). The Morgan fingerprint density at radius 2 is 2.38 bits per heavy atom. The molecule has 5 heteroatoms. The summed E-state index contributed by atoms with van der Waals surface area (Å²) in [5.41, 5.74) is -0.570. The summed E-state index contributed by atoms with van der Waals surface area (Å²) in [4.78, 5) is 12.9. The smallest absolute Gasteiger partial charge is 0.229 e. The number of thiophene rings is 1. The fourth-order valence-electron chi connectivity index (χ4n) is 1.42. The number of halogens is 1. The van der Waals surface area contributed by atoms with Crippen LogP contribution in [-0.4, -0.2) is 11.4 Å². The highest BCUT2D eigenvalue weighted by molar-refractivity contribution is 9.11. The second kappa shape index (κ2) is 4.19. The molecule has 0 aromatic carbocycles. The quantitative estimate of drug-likeness (QED) is 0.933. The number of nitrogens with one attached hydrogen (secondary N) is 1. The van der Waals surface area contributed by atoms with Crippen molar-refractivity contribution in [3.63, 3.8) is 0 Å². The van der Waals surface area contributed by atoms with E-state index in [1.165, 1.54) is 0 Å². The van der Waals surface area contributed by atoms with E-state index in [0.29, 0.717) is 0 Å². The normalized spacial score (nSPS) is 18.6. The molecule has 84 valence electrons. The van der Waals surface area contributed by atoms with Gasteiger partial charge in [0.25, 0.3) is 0 Å².